The summed E-state index contributed by atoms with van der Waals surface area (Å²) >= 11 is 0. The van der Waals surface area contributed by atoms with Gasteiger partial charge in [-0.15, -0.1) is 0 Å². The number of amides is 1. The normalized spacial score (nSPS) is 14.0. The van der Waals surface area contributed by atoms with E-state index >= 15 is 0 Å². The Hall–Kier alpha value is -4.10. The van der Waals surface area contributed by atoms with Crippen LogP contribution in [0.5, 0.6) is 0 Å². The molecule has 0 radical (unpaired) electrons. The fraction of sp³-hybridized carbons (Fsp3) is 0.194. The lowest BCUT2D eigenvalue weighted by molar-refractivity contribution is 0.102. The van der Waals surface area contributed by atoms with E-state index in [1.807, 2.05) is 69.3 Å². The van der Waals surface area contributed by atoms with Crippen LogP contribution >= 0.6 is 7.60 Å². The van der Waals surface area contributed by atoms with Crippen molar-refractivity contribution >= 4 is 47.3 Å². The van der Waals surface area contributed by atoms with Crippen LogP contribution in [-0.2, 0) is 9.09 Å². The largest absolute Gasteiger partial charge is 0.351 e. The fourth-order valence-corrected chi connectivity index (χ4v) is 5.70. The number of para-hydroxylation sites is 1. The number of fused-ring (bicyclic) bond motifs is 2. The van der Waals surface area contributed by atoms with Crippen molar-refractivity contribution < 1.29 is 18.8 Å². The first-order valence-electron chi connectivity index (χ1n) is 13.1. The fourth-order valence-electron chi connectivity index (χ4n) is 4.61. The smallest absolute Gasteiger partial charge is 0.338 e. The molecular formula is C31H31N4O4P. The van der Waals surface area contributed by atoms with Crippen molar-refractivity contribution in [3.63, 3.8) is 0 Å². The summed E-state index contributed by atoms with van der Waals surface area (Å²) in [5.41, 5.74) is 6.40. The van der Waals surface area contributed by atoms with Crippen LogP contribution in [0.15, 0.2) is 72.5 Å². The van der Waals surface area contributed by atoms with Gasteiger partial charge in [0, 0.05) is 22.3 Å². The maximum Gasteiger partial charge on any atom is 0.351 e. The summed E-state index contributed by atoms with van der Waals surface area (Å²) in [5.74, 6) is 2.14. The van der Waals surface area contributed by atoms with Crippen molar-refractivity contribution in [2.45, 2.75) is 40.2 Å². The predicted octanol–water partition coefficient (Wildman–Crippen LogP) is 7.62. The molecule has 0 aliphatic rings. The maximum absolute atomic E-state index is 13.0. The van der Waals surface area contributed by atoms with Gasteiger partial charge in [0.05, 0.1) is 22.7 Å². The molecule has 0 bridgehead atoms. The Labute approximate surface area is 232 Å². The van der Waals surface area contributed by atoms with Gasteiger partial charge in [0.2, 0.25) is 0 Å². The average molecular weight is 555 g/mol. The molecule has 5 rings (SSSR count). The number of aromatic amines is 1. The zero-order valence-electron chi connectivity index (χ0n) is 22.8. The first-order chi connectivity index (χ1) is 19.1. The van der Waals surface area contributed by atoms with Crippen molar-refractivity contribution in [2.24, 2.45) is 0 Å². The van der Waals surface area contributed by atoms with Crippen LogP contribution in [0, 0.1) is 13.8 Å². The zero-order valence-corrected chi connectivity index (χ0v) is 23.7. The summed E-state index contributed by atoms with van der Waals surface area (Å²) in [5, 5.41) is 3.88. The van der Waals surface area contributed by atoms with Crippen molar-refractivity contribution in [1.29, 1.82) is 0 Å². The quantitative estimate of drug-likeness (QED) is 0.170. The van der Waals surface area contributed by atoms with Crippen molar-refractivity contribution in [1.82, 2.24) is 15.0 Å². The van der Waals surface area contributed by atoms with Gasteiger partial charge in [-0.1, -0.05) is 37.3 Å². The Morgan fingerprint density at radius 3 is 2.55 bits per heavy atom. The third kappa shape index (κ3) is 6.05. The molecule has 0 saturated carbocycles. The molecule has 9 heteroatoms. The molecule has 0 aliphatic heterocycles. The highest BCUT2D eigenvalue weighted by atomic mass is 31.2. The molecule has 8 nitrogen and oxygen atoms in total. The number of carbonyl (C=O) groups excluding carboxylic acids is 1. The molecule has 2 atom stereocenters. The third-order valence-electron chi connectivity index (χ3n) is 6.74. The second kappa shape index (κ2) is 11.2. The first-order valence-corrected chi connectivity index (χ1v) is 14.7. The maximum atomic E-state index is 13.0. The lowest BCUT2D eigenvalue weighted by atomic mass is 9.99. The van der Waals surface area contributed by atoms with E-state index in [1.165, 1.54) is 5.82 Å². The minimum absolute atomic E-state index is 0.261. The van der Waals surface area contributed by atoms with E-state index in [4.69, 9.17) is 9.51 Å². The van der Waals surface area contributed by atoms with Crippen LogP contribution in [0.4, 0.5) is 5.82 Å². The number of rotatable bonds is 8. The monoisotopic (exact) mass is 554 g/mol. The van der Waals surface area contributed by atoms with Crippen molar-refractivity contribution in [3.8, 4) is 11.4 Å². The van der Waals surface area contributed by atoms with Crippen molar-refractivity contribution in [3.05, 3.63) is 94.8 Å². The molecule has 3 aromatic carbocycles. The molecule has 2 aromatic heterocycles. The Balaban J connectivity index is 1.37. The molecule has 0 saturated heterocycles. The second-order valence-corrected chi connectivity index (χ2v) is 11.5. The molecule has 0 fully saturated rings. The molecule has 0 aliphatic carbocycles. The molecule has 40 heavy (non-hydrogen) atoms. The first kappa shape index (κ1) is 27.5. The number of anilines is 1. The SMILES string of the molecule is CCC(C)OP(=O)(O)C=Cc1cc(C)c(-c2nc3ccc(C(=O)Nc4ccc5ccccc5n4)cc3[nH]2)c(C)c1. The van der Waals surface area contributed by atoms with Crippen molar-refractivity contribution in [2.75, 3.05) is 5.32 Å². The van der Waals surface area contributed by atoms with Gasteiger partial charge in [0.1, 0.15) is 11.6 Å². The number of H-pyrrole nitrogens is 1. The lowest BCUT2D eigenvalue weighted by Gasteiger charge is -2.13. The van der Waals surface area contributed by atoms with Crippen LogP contribution in [0.1, 0.15) is 47.3 Å². The summed E-state index contributed by atoms with van der Waals surface area (Å²) in [4.78, 5) is 35.7. The van der Waals surface area contributed by atoms with E-state index in [-0.39, 0.29) is 12.0 Å². The summed E-state index contributed by atoms with van der Waals surface area (Å²) in [7, 11) is -3.83. The lowest BCUT2D eigenvalue weighted by Crippen LogP contribution is -2.12. The topological polar surface area (TPSA) is 117 Å². The number of nitrogens with one attached hydrogen (secondary N) is 2. The van der Waals surface area contributed by atoms with Crippen LogP contribution in [0.25, 0.3) is 39.4 Å². The van der Waals surface area contributed by atoms with E-state index in [0.717, 1.165) is 44.2 Å². The van der Waals surface area contributed by atoms with Gasteiger partial charge in [-0.2, -0.15) is 0 Å². The Bertz CT molecular complexity index is 1790. The van der Waals surface area contributed by atoms with Crippen LogP contribution in [0.2, 0.25) is 0 Å². The number of hydrogen-bond acceptors (Lipinski definition) is 5. The van der Waals surface area contributed by atoms with E-state index in [9.17, 15) is 14.3 Å². The van der Waals surface area contributed by atoms with Crippen LogP contribution < -0.4 is 5.32 Å². The second-order valence-electron chi connectivity index (χ2n) is 9.89. The summed E-state index contributed by atoms with van der Waals surface area (Å²) < 4.78 is 17.6. The van der Waals surface area contributed by atoms with Crippen LogP contribution in [-0.4, -0.2) is 31.9 Å². The Morgan fingerprint density at radius 2 is 1.80 bits per heavy atom. The van der Waals surface area contributed by atoms with Gasteiger partial charge < -0.3 is 19.7 Å². The molecule has 2 unspecified atom stereocenters. The Morgan fingerprint density at radius 1 is 1.05 bits per heavy atom. The molecule has 2 heterocycles. The van der Waals surface area contributed by atoms with Gasteiger partial charge in [0.25, 0.3) is 5.91 Å². The molecule has 5 aromatic rings. The number of imidazole rings is 1. The minimum Gasteiger partial charge on any atom is -0.338 e. The summed E-state index contributed by atoms with van der Waals surface area (Å²) in [6.07, 6.45) is 1.96. The number of carbonyl (C=O) groups is 1. The third-order valence-corrected chi connectivity index (χ3v) is 7.92. The van der Waals surface area contributed by atoms with Gasteiger partial charge in [-0.05, 0) is 86.4 Å². The van der Waals surface area contributed by atoms with Gasteiger partial charge in [0.15, 0.2) is 0 Å². The number of benzene rings is 3. The van der Waals surface area contributed by atoms with E-state index < -0.39 is 7.60 Å². The van der Waals surface area contributed by atoms with Gasteiger partial charge >= 0.3 is 7.60 Å². The number of aromatic nitrogens is 3. The number of hydrogen-bond donors (Lipinski definition) is 3. The highest BCUT2D eigenvalue weighted by molar-refractivity contribution is 7.56. The Kier molecular flexibility index (Phi) is 7.68. The summed E-state index contributed by atoms with van der Waals surface area (Å²) in [6, 6.07) is 20.7. The predicted molar refractivity (Wildman–Crippen MR) is 160 cm³/mol. The van der Waals surface area contributed by atoms with E-state index in [2.05, 4.69) is 15.3 Å². The van der Waals surface area contributed by atoms with E-state index in [0.29, 0.717) is 23.6 Å². The molecule has 204 valence electrons. The average Bonchev–Trinajstić information content (AvgIpc) is 3.34. The minimum atomic E-state index is -3.83. The highest BCUT2D eigenvalue weighted by Crippen LogP contribution is 2.46. The molecule has 1 amide bonds. The van der Waals surface area contributed by atoms with Gasteiger partial charge in [-0.25, -0.2) is 9.97 Å². The molecule has 0 spiro atoms. The zero-order chi connectivity index (χ0) is 28.4. The van der Waals surface area contributed by atoms with Gasteiger partial charge in [-0.3, -0.25) is 9.36 Å². The summed E-state index contributed by atoms with van der Waals surface area (Å²) in [6.45, 7) is 7.61. The van der Waals surface area contributed by atoms with Crippen LogP contribution in [0.3, 0.4) is 0 Å². The molecular weight excluding hydrogens is 523 g/mol. The number of nitrogens with zero attached hydrogens (tertiary/aromatic N) is 2. The number of aryl methyl sites for hydroxylation is 2. The molecule has 3 N–H and O–H groups in total. The van der Waals surface area contributed by atoms with E-state index in [1.54, 1.807) is 31.2 Å². The number of pyridine rings is 1. The standard InChI is InChI=1S/C31H31N4O4P/c1-5-21(4)39-40(37,38)15-14-22-16-19(2)29(20(3)17-22)30-33-26-12-10-24(18-27(26)34-30)31(36)35-28-13-11-23-8-6-7-9-25(23)32-28/h6-18,21H,5H2,1-4H3,(H,33,34)(H,37,38)(H,32,35,36). The highest BCUT2D eigenvalue weighted by Gasteiger charge is 2.19.